The molecule has 0 aliphatic carbocycles. The van der Waals surface area contributed by atoms with Crippen LogP contribution in [0.25, 0.3) is 0 Å². The average Bonchev–Trinajstić information content (AvgIpc) is 2.95. The molecular weight excluding hydrogens is 258 g/mol. The summed E-state index contributed by atoms with van der Waals surface area (Å²) in [5.74, 6) is -3.16. The van der Waals surface area contributed by atoms with Gasteiger partial charge in [0.25, 0.3) is 0 Å². The summed E-state index contributed by atoms with van der Waals surface area (Å²) in [4.78, 5) is 20.6. The first kappa shape index (κ1) is 15.3. The van der Waals surface area contributed by atoms with Crippen LogP contribution in [0.15, 0.2) is 11.5 Å². The zero-order valence-electron chi connectivity index (χ0n) is 10.4. The van der Waals surface area contributed by atoms with Crippen molar-refractivity contribution in [3.8, 4) is 0 Å². The van der Waals surface area contributed by atoms with Crippen LogP contribution in [0.4, 0.5) is 0 Å². The molecule has 0 spiro atoms. The van der Waals surface area contributed by atoms with Crippen molar-refractivity contribution in [3.05, 3.63) is 11.5 Å². The predicted octanol–water partition coefficient (Wildman–Crippen LogP) is -0.557. The third-order valence-electron chi connectivity index (χ3n) is 2.74. The summed E-state index contributed by atoms with van der Waals surface area (Å²) in [6.45, 7) is 2.20. The highest BCUT2D eigenvalue weighted by Crippen LogP contribution is 2.20. The number of carbonyl (C=O) groups excluding carboxylic acids is 1. The molecule has 2 rings (SSSR count). The Morgan fingerprint density at radius 1 is 1.47 bits per heavy atom. The van der Waals surface area contributed by atoms with Crippen LogP contribution in [-0.2, 0) is 14.3 Å². The molecule has 0 aromatic rings. The van der Waals surface area contributed by atoms with E-state index in [4.69, 9.17) is 20.4 Å². The van der Waals surface area contributed by atoms with E-state index in [1.807, 2.05) is 0 Å². The zero-order valence-corrected chi connectivity index (χ0v) is 10.4. The maximum Gasteiger partial charge on any atom is 0.377 e. The van der Waals surface area contributed by atoms with Gasteiger partial charge in [-0.25, -0.2) is 4.79 Å². The van der Waals surface area contributed by atoms with Crippen LogP contribution in [-0.4, -0.2) is 57.2 Å². The van der Waals surface area contributed by atoms with E-state index in [2.05, 4.69) is 10.1 Å². The molecule has 0 saturated carbocycles. The normalized spacial score (nSPS) is 27.6. The van der Waals surface area contributed by atoms with Gasteiger partial charge in [-0.05, 0) is 26.3 Å². The number of carbonyl (C=O) groups is 2. The standard InChI is InChI=1S/C6H8O5.C5H9NO2/c1-2(7)5-3(8)4(9)6(10)11-5;7-5(8)4-2-1-3-6-4/h2,5,7-9H,1H3;4,6H,1-3H2,(H,7,8)/t2-,5+;4-/m00/s1. The molecule has 8 heteroatoms. The Morgan fingerprint density at radius 3 is 2.32 bits per heavy atom. The van der Waals surface area contributed by atoms with Gasteiger partial charge < -0.3 is 30.5 Å². The molecule has 1 fully saturated rings. The van der Waals surface area contributed by atoms with E-state index >= 15 is 0 Å². The summed E-state index contributed by atoms with van der Waals surface area (Å²) in [7, 11) is 0. The highest BCUT2D eigenvalue weighted by molar-refractivity contribution is 5.89. The highest BCUT2D eigenvalue weighted by Gasteiger charge is 2.37. The van der Waals surface area contributed by atoms with E-state index in [1.54, 1.807) is 0 Å². The van der Waals surface area contributed by atoms with E-state index in [0.29, 0.717) is 0 Å². The largest absolute Gasteiger partial charge is 0.505 e. The second-order valence-corrected chi connectivity index (χ2v) is 4.29. The Balaban J connectivity index is 0.000000200. The van der Waals surface area contributed by atoms with Gasteiger partial charge in [0.05, 0.1) is 6.10 Å². The number of carboxylic acid groups (broad SMARTS) is 1. The van der Waals surface area contributed by atoms with Gasteiger partial charge in [0, 0.05) is 0 Å². The second kappa shape index (κ2) is 6.39. The van der Waals surface area contributed by atoms with Crippen molar-refractivity contribution in [2.24, 2.45) is 0 Å². The predicted molar refractivity (Wildman–Crippen MR) is 62.5 cm³/mol. The van der Waals surface area contributed by atoms with Crippen LogP contribution < -0.4 is 5.32 Å². The number of esters is 1. The number of hydrogen-bond donors (Lipinski definition) is 5. The number of rotatable bonds is 2. The lowest BCUT2D eigenvalue weighted by atomic mass is 10.2. The minimum atomic E-state index is -1.12. The lowest BCUT2D eigenvalue weighted by molar-refractivity contribution is -0.146. The molecule has 0 unspecified atom stereocenters. The molecule has 8 nitrogen and oxygen atoms in total. The monoisotopic (exact) mass is 275 g/mol. The molecule has 0 aromatic heterocycles. The Bertz CT molecular complexity index is 385. The van der Waals surface area contributed by atoms with Gasteiger partial charge in [-0.2, -0.15) is 0 Å². The molecule has 0 radical (unpaired) electrons. The summed E-state index contributed by atoms with van der Waals surface area (Å²) >= 11 is 0. The molecule has 108 valence electrons. The maximum atomic E-state index is 10.5. The smallest absolute Gasteiger partial charge is 0.377 e. The zero-order chi connectivity index (χ0) is 14.6. The van der Waals surface area contributed by atoms with Gasteiger partial charge in [0.2, 0.25) is 5.76 Å². The first-order valence-electron chi connectivity index (χ1n) is 5.82. The summed E-state index contributed by atoms with van der Waals surface area (Å²) < 4.78 is 4.38. The van der Waals surface area contributed by atoms with Crippen molar-refractivity contribution < 1.29 is 34.8 Å². The first-order chi connectivity index (χ1) is 8.84. The van der Waals surface area contributed by atoms with Crippen LogP contribution in [0, 0.1) is 0 Å². The molecule has 1 saturated heterocycles. The van der Waals surface area contributed by atoms with Crippen molar-refractivity contribution in [1.82, 2.24) is 5.32 Å². The molecule has 5 N–H and O–H groups in total. The fourth-order valence-corrected chi connectivity index (χ4v) is 1.69. The minimum Gasteiger partial charge on any atom is -0.505 e. The van der Waals surface area contributed by atoms with Crippen molar-refractivity contribution in [2.45, 2.75) is 38.0 Å². The van der Waals surface area contributed by atoms with Crippen molar-refractivity contribution in [3.63, 3.8) is 0 Å². The third kappa shape index (κ3) is 3.83. The molecular formula is C11H17NO7. The summed E-state index contributed by atoms with van der Waals surface area (Å²) in [5.41, 5.74) is 0. The number of aliphatic hydroxyl groups is 3. The molecule has 0 amide bonds. The van der Waals surface area contributed by atoms with Gasteiger partial charge >= 0.3 is 11.9 Å². The molecule has 2 aliphatic rings. The quantitative estimate of drug-likeness (QED) is 0.423. The van der Waals surface area contributed by atoms with Gasteiger partial charge in [-0.15, -0.1) is 0 Å². The topological polar surface area (TPSA) is 136 Å². The number of cyclic esters (lactones) is 1. The Hall–Kier alpha value is -1.80. The Morgan fingerprint density at radius 2 is 2.11 bits per heavy atom. The second-order valence-electron chi connectivity index (χ2n) is 4.29. The molecule has 2 heterocycles. The number of aliphatic carboxylic acids is 1. The third-order valence-corrected chi connectivity index (χ3v) is 2.74. The van der Waals surface area contributed by atoms with Crippen LogP contribution >= 0.6 is 0 Å². The van der Waals surface area contributed by atoms with E-state index < -0.39 is 35.7 Å². The first-order valence-corrected chi connectivity index (χ1v) is 5.82. The number of hydrogen-bond acceptors (Lipinski definition) is 7. The lowest BCUT2D eigenvalue weighted by Gasteiger charge is -2.11. The molecule has 2 aliphatic heterocycles. The Kier molecular flexibility index (Phi) is 5.13. The maximum absolute atomic E-state index is 10.5. The number of aliphatic hydroxyl groups excluding tert-OH is 3. The molecule has 0 bridgehead atoms. The van der Waals surface area contributed by atoms with Crippen molar-refractivity contribution in [1.29, 1.82) is 0 Å². The van der Waals surface area contributed by atoms with Crippen molar-refractivity contribution >= 4 is 11.9 Å². The van der Waals surface area contributed by atoms with Crippen LogP contribution in [0.3, 0.4) is 0 Å². The Labute approximate surface area is 109 Å². The molecule has 3 atom stereocenters. The molecule has 19 heavy (non-hydrogen) atoms. The van der Waals surface area contributed by atoms with E-state index in [9.17, 15) is 9.59 Å². The van der Waals surface area contributed by atoms with Gasteiger partial charge in [0.15, 0.2) is 11.9 Å². The van der Waals surface area contributed by atoms with Crippen molar-refractivity contribution in [2.75, 3.05) is 6.54 Å². The van der Waals surface area contributed by atoms with Gasteiger partial charge in [-0.3, -0.25) is 4.79 Å². The molecule has 0 aromatic carbocycles. The summed E-state index contributed by atoms with van der Waals surface area (Å²) in [6, 6.07) is -0.269. The number of carboxylic acids is 1. The summed E-state index contributed by atoms with van der Waals surface area (Å²) in [5, 5.41) is 37.7. The summed E-state index contributed by atoms with van der Waals surface area (Å²) in [6.07, 6.45) is -0.363. The lowest BCUT2D eigenvalue weighted by Crippen LogP contribution is -2.29. The minimum absolute atomic E-state index is 0.269. The fourth-order valence-electron chi connectivity index (χ4n) is 1.69. The SMILES string of the molecule is C[C@H](O)[C@H]1OC(=O)C(O)=C1O.O=C(O)[C@@H]1CCCN1. The van der Waals surface area contributed by atoms with Crippen LogP contribution in [0.1, 0.15) is 19.8 Å². The van der Waals surface area contributed by atoms with Gasteiger partial charge in [-0.1, -0.05) is 0 Å². The number of nitrogens with one attached hydrogen (secondary N) is 1. The van der Waals surface area contributed by atoms with E-state index in [1.165, 1.54) is 6.92 Å². The van der Waals surface area contributed by atoms with E-state index in [-0.39, 0.29) is 6.04 Å². The van der Waals surface area contributed by atoms with Crippen LogP contribution in [0.2, 0.25) is 0 Å². The van der Waals surface area contributed by atoms with E-state index in [0.717, 1.165) is 19.4 Å². The van der Waals surface area contributed by atoms with Gasteiger partial charge in [0.1, 0.15) is 6.04 Å². The average molecular weight is 275 g/mol. The fraction of sp³-hybridized carbons (Fsp3) is 0.636. The number of ether oxygens (including phenoxy) is 1. The van der Waals surface area contributed by atoms with Crippen LogP contribution in [0.5, 0.6) is 0 Å². The highest BCUT2D eigenvalue weighted by atomic mass is 16.6.